The Bertz CT molecular complexity index is 1090. The maximum absolute atomic E-state index is 12.7. The normalized spacial score (nSPS) is 10.7. The first-order valence-corrected chi connectivity index (χ1v) is 12.1. The van der Waals surface area contributed by atoms with Crippen molar-refractivity contribution in [2.75, 3.05) is 36.1 Å². The van der Waals surface area contributed by atoms with Crippen molar-refractivity contribution >= 4 is 40.0 Å². The van der Waals surface area contributed by atoms with E-state index in [4.69, 9.17) is 4.74 Å². The highest BCUT2D eigenvalue weighted by atomic mass is 32.2. The van der Waals surface area contributed by atoms with Crippen molar-refractivity contribution in [3.05, 3.63) is 47.2 Å². The SMILES string of the molecule is CCOCCCNc1nnc(SCC(=O)Nc2c(C#N)c(C)c(C)n2-c2ccccc2)s1. The second kappa shape index (κ2) is 11.7. The molecule has 3 rings (SSSR count). The first kappa shape index (κ1) is 23.8. The quantitative estimate of drug-likeness (QED) is 0.316. The van der Waals surface area contributed by atoms with E-state index in [-0.39, 0.29) is 11.7 Å². The van der Waals surface area contributed by atoms with Gasteiger partial charge >= 0.3 is 0 Å². The van der Waals surface area contributed by atoms with Crippen LogP contribution in [0.15, 0.2) is 34.7 Å². The molecule has 2 aromatic heterocycles. The molecule has 0 aliphatic heterocycles. The summed E-state index contributed by atoms with van der Waals surface area (Å²) in [5.41, 5.74) is 3.13. The van der Waals surface area contributed by atoms with Crippen LogP contribution in [-0.4, -0.2) is 46.2 Å². The molecule has 0 saturated carbocycles. The van der Waals surface area contributed by atoms with Crippen molar-refractivity contribution in [2.24, 2.45) is 0 Å². The van der Waals surface area contributed by atoms with Gasteiger partial charge in [-0.2, -0.15) is 5.26 Å². The van der Waals surface area contributed by atoms with Gasteiger partial charge in [0.15, 0.2) is 4.34 Å². The molecule has 3 aromatic rings. The lowest BCUT2D eigenvalue weighted by molar-refractivity contribution is -0.113. The van der Waals surface area contributed by atoms with Crippen molar-refractivity contribution in [1.29, 1.82) is 5.26 Å². The average Bonchev–Trinajstić information content (AvgIpc) is 3.35. The molecule has 0 unspecified atom stereocenters. The Morgan fingerprint density at radius 3 is 2.78 bits per heavy atom. The highest BCUT2D eigenvalue weighted by Gasteiger charge is 2.21. The van der Waals surface area contributed by atoms with Gasteiger partial charge in [0.05, 0.1) is 11.3 Å². The van der Waals surface area contributed by atoms with E-state index in [9.17, 15) is 10.1 Å². The zero-order chi connectivity index (χ0) is 22.9. The highest BCUT2D eigenvalue weighted by molar-refractivity contribution is 8.01. The second-order valence-corrected chi connectivity index (χ2v) is 9.10. The molecular weight excluding hydrogens is 444 g/mol. The van der Waals surface area contributed by atoms with Crippen LogP contribution >= 0.6 is 23.1 Å². The van der Waals surface area contributed by atoms with Gasteiger partial charge in [-0.15, -0.1) is 10.2 Å². The number of nitriles is 1. The first-order chi connectivity index (χ1) is 15.5. The summed E-state index contributed by atoms with van der Waals surface area (Å²) in [6.45, 7) is 7.98. The van der Waals surface area contributed by atoms with Crippen molar-refractivity contribution in [1.82, 2.24) is 14.8 Å². The van der Waals surface area contributed by atoms with Crippen molar-refractivity contribution < 1.29 is 9.53 Å². The number of amides is 1. The fourth-order valence-corrected chi connectivity index (χ4v) is 4.69. The maximum Gasteiger partial charge on any atom is 0.235 e. The number of thioether (sulfide) groups is 1. The van der Waals surface area contributed by atoms with Crippen molar-refractivity contribution in [3.8, 4) is 11.8 Å². The van der Waals surface area contributed by atoms with E-state index in [2.05, 4.69) is 26.9 Å². The Morgan fingerprint density at radius 1 is 1.28 bits per heavy atom. The lowest BCUT2D eigenvalue weighted by Gasteiger charge is -2.13. The van der Waals surface area contributed by atoms with Gasteiger partial charge in [-0.05, 0) is 44.9 Å². The zero-order valence-corrected chi connectivity index (χ0v) is 20.0. The molecule has 1 aromatic carbocycles. The number of anilines is 2. The minimum atomic E-state index is -0.206. The standard InChI is InChI=1S/C22H26N6O2S2/c1-4-30-12-8-11-24-21-26-27-22(32-21)31-14-19(29)25-20-18(13-23)15(2)16(3)28(20)17-9-6-5-7-10-17/h5-7,9-10H,4,8,11-12,14H2,1-3H3,(H,24,26)(H,25,29). The van der Waals surface area contributed by atoms with Crippen LogP contribution in [0.2, 0.25) is 0 Å². The van der Waals surface area contributed by atoms with Crippen LogP contribution in [0.1, 0.15) is 30.2 Å². The number of aromatic nitrogens is 3. The van der Waals surface area contributed by atoms with E-state index in [0.29, 0.717) is 28.9 Å². The van der Waals surface area contributed by atoms with Crippen LogP contribution in [-0.2, 0) is 9.53 Å². The lowest BCUT2D eigenvalue weighted by atomic mass is 10.2. The van der Waals surface area contributed by atoms with E-state index in [0.717, 1.165) is 35.0 Å². The molecule has 0 atom stereocenters. The van der Waals surface area contributed by atoms with Gasteiger partial charge in [0.2, 0.25) is 11.0 Å². The number of nitrogens with one attached hydrogen (secondary N) is 2. The summed E-state index contributed by atoms with van der Waals surface area (Å²) >= 11 is 2.73. The average molecular weight is 471 g/mol. The Morgan fingerprint density at radius 2 is 2.06 bits per heavy atom. The van der Waals surface area contributed by atoms with Crippen LogP contribution < -0.4 is 10.6 Å². The highest BCUT2D eigenvalue weighted by Crippen LogP contribution is 2.31. The fraction of sp³-hybridized carbons (Fsp3) is 0.364. The van der Waals surface area contributed by atoms with E-state index in [1.54, 1.807) is 0 Å². The largest absolute Gasteiger partial charge is 0.382 e. The molecule has 0 bridgehead atoms. The van der Waals surface area contributed by atoms with E-state index < -0.39 is 0 Å². The van der Waals surface area contributed by atoms with Gasteiger partial charge < -0.3 is 15.4 Å². The van der Waals surface area contributed by atoms with Gasteiger partial charge in [-0.1, -0.05) is 41.3 Å². The molecule has 0 aliphatic carbocycles. The molecule has 0 radical (unpaired) electrons. The Kier molecular flexibility index (Phi) is 8.67. The number of para-hydroxylation sites is 1. The monoisotopic (exact) mass is 470 g/mol. The number of carbonyl (C=O) groups excluding carboxylic acids is 1. The van der Waals surface area contributed by atoms with Gasteiger partial charge in [0.25, 0.3) is 0 Å². The molecule has 2 N–H and O–H groups in total. The number of nitrogens with zero attached hydrogens (tertiary/aromatic N) is 4. The molecule has 168 valence electrons. The van der Waals surface area contributed by atoms with Gasteiger partial charge in [-0.3, -0.25) is 9.36 Å². The van der Waals surface area contributed by atoms with Gasteiger partial charge in [0.1, 0.15) is 11.9 Å². The predicted molar refractivity (Wildman–Crippen MR) is 129 cm³/mol. The predicted octanol–water partition coefficient (Wildman–Crippen LogP) is 4.39. The zero-order valence-electron chi connectivity index (χ0n) is 18.3. The third-order valence-electron chi connectivity index (χ3n) is 4.78. The summed E-state index contributed by atoms with van der Waals surface area (Å²) in [4.78, 5) is 12.7. The Hall–Kier alpha value is -2.87. The van der Waals surface area contributed by atoms with Gasteiger partial charge in [0, 0.05) is 31.1 Å². The van der Waals surface area contributed by atoms with Crippen LogP contribution in [0.3, 0.4) is 0 Å². The number of hydrogen-bond acceptors (Lipinski definition) is 8. The van der Waals surface area contributed by atoms with Gasteiger partial charge in [-0.25, -0.2) is 0 Å². The fourth-order valence-electron chi connectivity index (χ4n) is 3.11. The molecule has 1 amide bonds. The molecule has 8 nitrogen and oxygen atoms in total. The molecule has 32 heavy (non-hydrogen) atoms. The number of hydrogen-bond donors (Lipinski definition) is 2. The smallest absolute Gasteiger partial charge is 0.235 e. The van der Waals surface area contributed by atoms with Crippen molar-refractivity contribution in [2.45, 2.75) is 31.5 Å². The summed E-state index contributed by atoms with van der Waals surface area (Å²) in [7, 11) is 0. The third-order valence-corrected chi connectivity index (χ3v) is 6.79. The topological polar surface area (TPSA) is 105 Å². The summed E-state index contributed by atoms with van der Waals surface area (Å²) in [6.07, 6.45) is 0.888. The first-order valence-electron chi connectivity index (χ1n) is 10.3. The van der Waals surface area contributed by atoms with Crippen molar-refractivity contribution in [3.63, 3.8) is 0 Å². The Balaban J connectivity index is 1.63. The molecule has 10 heteroatoms. The summed E-state index contributed by atoms with van der Waals surface area (Å²) in [5, 5.41) is 24.8. The molecule has 0 aliphatic rings. The molecule has 0 saturated heterocycles. The van der Waals surface area contributed by atoms with Crippen LogP contribution in [0.5, 0.6) is 0 Å². The molecule has 2 heterocycles. The van der Waals surface area contributed by atoms with Crippen LogP contribution in [0.25, 0.3) is 5.69 Å². The summed E-state index contributed by atoms with van der Waals surface area (Å²) in [5.74, 6) is 0.456. The molecule has 0 fully saturated rings. The summed E-state index contributed by atoms with van der Waals surface area (Å²) in [6, 6.07) is 11.9. The number of benzene rings is 1. The Labute approximate surface area is 196 Å². The number of carbonyl (C=O) groups is 1. The molecular formula is C22H26N6O2S2. The van der Waals surface area contributed by atoms with E-state index in [1.165, 1.54) is 23.1 Å². The third kappa shape index (κ3) is 5.88. The van der Waals surface area contributed by atoms with E-state index >= 15 is 0 Å². The lowest BCUT2D eigenvalue weighted by Crippen LogP contribution is -2.17. The van der Waals surface area contributed by atoms with Crippen LogP contribution in [0, 0.1) is 25.2 Å². The maximum atomic E-state index is 12.7. The summed E-state index contributed by atoms with van der Waals surface area (Å²) < 4.78 is 7.92. The minimum Gasteiger partial charge on any atom is -0.382 e. The minimum absolute atomic E-state index is 0.169. The second-order valence-electron chi connectivity index (χ2n) is 6.90. The molecule has 0 spiro atoms. The number of ether oxygens (including phenoxy) is 1. The number of rotatable bonds is 11. The van der Waals surface area contributed by atoms with E-state index in [1.807, 2.05) is 55.7 Å². The van der Waals surface area contributed by atoms with Crippen LogP contribution in [0.4, 0.5) is 10.9 Å².